The minimum atomic E-state index is -4.44. The number of fused-ring (bicyclic) bond motifs is 1. The van der Waals surface area contributed by atoms with Crippen molar-refractivity contribution >= 4 is 5.91 Å². The van der Waals surface area contributed by atoms with Crippen LogP contribution in [0.25, 0.3) is 0 Å². The van der Waals surface area contributed by atoms with Crippen molar-refractivity contribution in [3.8, 4) is 6.07 Å². The predicted molar refractivity (Wildman–Crippen MR) is 76.9 cm³/mol. The number of hydrogen-bond acceptors (Lipinski definition) is 3. The Labute approximate surface area is 135 Å². The highest BCUT2D eigenvalue weighted by molar-refractivity contribution is 5.94. The second kappa shape index (κ2) is 6.03. The number of nitriles is 1. The number of alkyl halides is 3. The van der Waals surface area contributed by atoms with Gasteiger partial charge in [-0.2, -0.15) is 18.4 Å². The molecule has 0 aromatic carbocycles. The number of carbonyl (C=O) groups is 1. The molecule has 3 heterocycles. The van der Waals surface area contributed by atoms with Crippen molar-refractivity contribution in [2.24, 2.45) is 5.92 Å². The standard InChI is InChI=1S/C15H14F3N5O/c16-15(17,18)12-8-23-7-9(1-2-13(23)22-12)5-21-14(24)10-3-11(4-19)20-6-10/h3,6,8-9,20H,1-2,5,7H2,(H,21,24)/t9-/m0/s1. The lowest BCUT2D eigenvalue weighted by atomic mass is 9.99. The Balaban J connectivity index is 1.59. The van der Waals surface area contributed by atoms with Crippen LogP contribution in [-0.2, 0) is 19.1 Å². The van der Waals surface area contributed by atoms with Gasteiger partial charge in [-0.05, 0) is 18.4 Å². The number of rotatable bonds is 3. The number of imidazole rings is 1. The second-order valence-electron chi connectivity index (χ2n) is 5.72. The van der Waals surface area contributed by atoms with Crippen LogP contribution in [0.15, 0.2) is 18.5 Å². The molecule has 0 fully saturated rings. The predicted octanol–water partition coefficient (Wildman–Crippen LogP) is 2.09. The molecule has 0 aliphatic carbocycles. The minimum Gasteiger partial charge on any atom is -0.352 e. The fourth-order valence-corrected chi connectivity index (χ4v) is 2.75. The minimum absolute atomic E-state index is 0.0334. The van der Waals surface area contributed by atoms with Gasteiger partial charge in [0.25, 0.3) is 5.91 Å². The average Bonchev–Trinajstić information content (AvgIpc) is 3.18. The molecule has 0 radical (unpaired) electrons. The zero-order valence-electron chi connectivity index (χ0n) is 12.5. The first kappa shape index (κ1) is 16.1. The van der Waals surface area contributed by atoms with Crippen LogP contribution < -0.4 is 5.32 Å². The molecule has 0 saturated heterocycles. The van der Waals surface area contributed by atoms with Crippen LogP contribution in [0.3, 0.4) is 0 Å². The van der Waals surface area contributed by atoms with Gasteiger partial charge in [-0.3, -0.25) is 4.79 Å². The first-order valence-electron chi connectivity index (χ1n) is 7.37. The zero-order chi connectivity index (χ0) is 17.3. The molecule has 1 atom stereocenters. The number of amides is 1. The number of nitrogens with one attached hydrogen (secondary N) is 2. The van der Waals surface area contributed by atoms with E-state index in [2.05, 4.69) is 15.3 Å². The molecule has 126 valence electrons. The van der Waals surface area contributed by atoms with Gasteiger partial charge in [0.15, 0.2) is 5.69 Å². The van der Waals surface area contributed by atoms with Crippen LogP contribution in [0.5, 0.6) is 0 Å². The lowest BCUT2D eigenvalue weighted by Gasteiger charge is -2.23. The van der Waals surface area contributed by atoms with Gasteiger partial charge in [0.2, 0.25) is 0 Å². The quantitative estimate of drug-likeness (QED) is 0.899. The Bertz CT molecular complexity index is 799. The van der Waals surface area contributed by atoms with E-state index in [9.17, 15) is 18.0 Å². The van der Waals surface area contributed by atoms with Gasteiger partial charge in [-0.1, -0.05) is 0 Å². The van der Waals surface area contributed by atoms with Gasteiger partial charge in [-0.15, -0.1) is 0 Å². The van der Waals surface area contributed by atoms with Crippen LogP contribution in [0, 0.1) is 17.2 Å². The van der Waals surface area contributed by atoms with Crippen molar-refractivity contribution in [2.45, 2.75) is 25.6 Å². The molecule has 6 nitrogen and oxygen atoms in total. The van der Waals surface area contributed by atoms with Crippen LogP contribution >= 0.6 is 0 Å². The molecule has 9 heteroatoms. The third-order valence-corrected chi connectivity index (χ3v) is 4.00. The lowest BCUT2D eigenvalue weighted by Crippen LogP contribution is -2.33. The largest absolute Gasteiger partial charge is 0.434 e. The van der Waals surface area contributed by atoms with Crippen LogP contribution in [0.1, 0.15) is 34.0 Å². The Morgan fingerprint density at radius 2 is 2.33 bits per heavy atom. The number of nitrogens with zero attached hydrogens (tertiary/aromatic N) is 3. The molecule has 0 saturated carbocycles. The molecule has 2 N–H and O–H groups in total. The first-order chi connectivity index (χ1) is 11.4. The van der Waals surface area contributed by atoms with E-state index in [1.165, 1.54) is 16.8 Å². The Morgan fingerprint density at radius 3 is 3.00 bits per heavy atom. The van der Waals surface area contributed by atoms with Gasteiger partial charge in [0.1, 0.15) is 17.6 Å². The second-order valence-corrected chi connectivity index (χ2v) is 5.72. The van der Waals surface area contributed by atoms with E-state index in [0.29, 0.717) is 43.0 Å². The maximum atomic E-state index is 12.7. The topological polar surface area (TPSA) is 86.5 Å². The van der Waals surface area contributed by atoms with Crippen molar-refractivity contribution in [3.05, 3.63) is 41.2 Å². The summed E-state index contributed by atoms with van der Waals surface area (Å²) in [6.07, 6.45) is -0.877. The molecular formula is C15H14F3N5O. The number of carbonyl (C=O) groups excluding carboxylic acids is 1. The highest BCUT2D eigenvalue weighted by atomic mass is 19.4. The third-order valence-electron chi connectivity index (χ3n) is 4.00. The fraction of sp³-hybridized carbons (Fsp3) is 0.400. The number of aromatic nitrogens is 3. The molecule has 0 bridgehead atoms. The zero-order valence-corrected chi connectivity index (χ0v) is 12.5. The normalized spacial score (nSPS) is 17.2. The van der Waals surface area contributed by atoms with E-state index in [1.54, 1.807) is 0 Å². The average molecular weight is 337 g/mol. The van der Waals surface area contributed by atoms with Crippen molar-refractivity contribution in [1.29, 1.82) is 5.26 Å². The maximum Gasteiger partial charge on any atom is 0.434 e. The van der Waals surface area contributed by atoms with E-state index >= 15 is 0 Å². The van der Waals surface area contributed by atoms with Gasteiger partial charge in [-0.25, -0.2) is 4.98 Å². The molecule has 1 aliphatic heterocycles. The molecule has 1 aliphatic rings. The number of aromatic amines is 1. The van der Waals surface area contributed by atoms with Gasteiger partial charge in [0, 0.05) is 31.9 Å². The van der Waals surface area contributed by atoms with Crippen LogP contribution in [0.4, 0.5) is 13.2 Å². The van der Waals surface area contributed by atoms with E-state index in [-0.39, 0.29) is 11.8 Å². The number of hydrogen-bond donors (Lipinski definition) is 2. The molecule has 2 aromatic heterocycles. The highest BCUT2D eigenvalue weighted by Crippen LogP contribution is 2.30. The molecule has 1 amide bonds. The summed E-state index contributed by atoms with van der Waals surface area (Å²) in [5, 5.41) is 11.5. The molecule has 24 heavy (non-hydrogen) atoms. The number of aryl methyl sites for hydroxylation is 1. The van der Waals surface area contributed by atoms with Crippen molar-refractivity contribution in [1.82, 2.24) is 19.9 Å². The Morgan fingerprint density at radius 1 is 1.54 bits per heavy atom. The maximum absolute atomic E-state index is 12.7. The van der Waals surface area contributed by atoms with E-state index in [0.717, 1.165) is 6.20 Å². The lowest BCUT2D eigenvalue weighted by molar-refractivity contribution is -0.141. The summed E-state index contributed by atoms with van der Waals surface area (Å²) in [4.78, 5) is 18.3. The van der Waals surface area contributed by atoms with Crippen LogP contribution in [0.2, 0.25) is 0 Å². The van der Waals surface area contributed by atoms with Gasteiger partial charge >= 0.3 is 6.18 Å². The summed E-state index contributed by atoms with van der Waals surface area (Å²) in [5.41, 5.74) is -0.232. The molecular weight excluding hydrogens is 323 g/mol. The van der Waals surface area contributed by atoms with Gasteiger partial charge in [0.05, 0.1) is 5.56 Å². The Hall–Kier alpha value is -2.76. The first-order valence-corrected chi connectivity index (χ1v) is 7.37. The van der Waals surface area contributed by atoms with Crippen molar-refractivity contribution in [2.75, 3.05) is 6.54 Å². The SMILES string of the molecule is N#Cc1cc(C(=O)NC[C@@H]2CCc3nc(C(F)(F)F)cn3C2)c[nH]1. The summed E-state index contributed by atoms with van der Waals surface area (Å²) >= 11 is 0. The summed E-state index contributed by atoms with van der Waals surface area (Å²) < 4.78 is 39.6. The molecule has 3 rings (SSSR count). The van der Waals surface area contributed by atoms with Crippen LogP contribution in [-0.4, -0.2) is 27.0 Å². The highest BCUT2D eigenvalue weighted by Gasteiger charge is 2.35. The summed E-state index contributed by atoms with van der Waals surface area (Å²) in [5.74, 6) is 0.139. The summed E-state index contributed by atoms with van der Waals surface area (Å²) in [7, 11) is 0. The summed E-state index contributed by atoms with van der Waals surface area (Å²) in [6.45, 7) is 0.736. The monoisotopic (exact) mass is 337 g/mol. The third kappa shape index (κ3) is 3.27. The number of H-pyrrole nitrogens is 1. The van der Waals surface area contributed by atoms with E-state index in [1.807, 2.05) is 6.07 Å². The molecule has 2 aromatic rings. The summed E-state index contributed by atoms with van der Waals surface area (Å²) in [6, 6.07) is 3.34. The van der Waals surface area contributed by atoms with Crippen molar-refractivity contribution < 1.29 is 18.0 Å². The number of halogens is 3. The van der Waals surface area contributed by atoms with E-state index in [4.69, 9.17) is 5.26 Å². The molecule has 0 spiro atoms. The fourth-order valence-electron chi connectivity index (χ4n) is 2.75. The molecule has 0 unspecified atom stereocenters. The van der Waals surface area contributed by atoms with Crippen molar-refractivity contribution in [3.63, 3.8) is 0 Å². The van der Waals surface area contributed by atoms with Gasteiger partial charge < -0.3 is 14.9 Å². The van der Waals surface area contributed by atoms with E-state index < -0.39 is 11.9 Å². The smallest absolute Gasteiger partial charge is 0.352 e. The Kier molecular flexibility index (Phi) is 4.05.